The lowest BCUT2D eigenvalue weighted by Crippen LogP contribution is -2.36. The van der Waals surface area contributed by atoms with E-state index in [-0.39, 0.29) is 6.61 Å². The first-order valence-corrected chi connectivity index (χ1v) is 6.55. The molecule has 0 saturated carbocycles. The van der Waals surface area contributed by atoms with Crippen LogP contribution in [0.2, 0.25) is 0 Å². The molecule has 0 fully saturated rings. The molecule has 5 heteroatoms. The first-order valence-electron chi connectivity index (χ1n) is 6.55. The highest BCUT2D eigenvalue weighted by molar-refractivity contribution is 5.73. The van der Waals surface area contributed by atoms with Gasteiger partial charge in [0.1, 0.15) is 19.0 Å². The van der Waals surface area contributed by atoms with Crippen LogP contribution in [0.25, 0.3) is 0 Å². The molecular weight excluding hydrogens is 272 g/mol. The van der Waals surface area contributed by atoms with Gasteiger partial charge in [-0.05, 0) is 17.7 Å². The van der Waals surface area contributed by atoms with Crippen LogP contribution in [0.5, 0.6) is 17.2 Å². The van der Waals surface area contributed by atoms with Crippen LogP contribution in [0, 0.1) is 0 Å². The van der Waals surface area contributed by atoms with E-state index in [1.165, 1.54) is 0 Å². The fraction of sp³-hybridized carbons (Fsp3) is 0.188. The normalized spacial score (nSPS) is 16.3. The van der Waals surface area contributed by atoms with E-state index in [0.717, 1.165) is 5.56 Å². The largest absolute Gasteiger partial charge is 0.489 e. The lowest BCUT2D eigenvalue weighted by atomic mass is 10.2. The minimum Gasteiger partial charge on any atom is -0.489 e. The highest BCUT2D eigenvalue weighted by atomic mass is 16.6. The van der Waals surface area contributed by atoms with E-state index >= 15 is 0 Å². The number of aliphatic carboxylic acids is 1. The summed E-state index contributed by atoms with van der Waals surface area (Å²) in [5.41, 5.74) is 1.05. The van der Waals surface area contributed by atoms with Gasteiger partial charge in [0.15, 0.2) is 11.5 Å². The predicted molar refractivity (Wildman–Crippen MR) is 74.8 cm³/mol. The van der Waals surface area contributed by atoms with Crippen molar-refractivity contribution in [2.45, 2.75) is 12.7 Å². The van der Waals surface area contributed by atoms with E-state index in [4.69, 9.17) is 19.3 Å². The van der Waals surface area contributed by atoms with Gasteiger partial charge in [-0.3, -0.25) is 0 Å². The average molecular weight is 286 g/mol. The molecule has 108 valence electrons. The molecule has 1 aliphatic rings. The van der Waals surface area contributed by atoms with E-state index in [1.54, 1.807) is 18.2 Å². The Morgan fingerprint density at radius 2 is 2.00 bits per heavy atom. The van der Waals surface area contributed by atoms with Crippen molar-refractivity contribution >= 4 is 5.97 Å². The molecule has 1 N–H and O–H groups in total. The van der Waals surface area contributed by atoms with Crippen LogP contribution in [0.15, 0.2) is 48.5 Å². The van der Waals surface area contributed by atoms with Crippen LogP contribution >= 0.6 is 0 Å². The van der Waals surface area contributed by atoms with E-state index < -0.39 is 12.1 Å². The number of hydrogen-bond acceptors (Lipinski definition) is 4. The number of fused-ring (bicyclic) bond motifs is 1. The SMILES string of the molecule is O=C(O)C1COc2ccc(OCc3ccccc3)cc2O1. The second kappa shape index (κ2) is 5.75. The number of carbonyl (C=O) groups is 1. The van der Waals surface area contributed by atoms with Crippen LogP contribution in [-0.4, -0.2) is 23.8 Å². The smallest absolute Gasteiger partial charge is 0.348 e. The van der Waals surface area contributed by atoms with Gasteiger partial charge in [-0.2, -0.15) is 0 Å². The highest BCUT2D eigenvalue weighted by Gasteiger charge is 2.27. The van der Waals surface area contributed by atoms with Crippen molar-refractivity contribution < 1.29 is 24.1 Å². The summed E-state index contributed by atoms with van der Waals surface area (Å²) in [7, 11) is 0. The van der Waals surface area contributed by atoms with Crippen molar-refractivity contribution in [3.8, 4) is 17.2 Å². The van der Waals surface area contributed by atoms with Crippen LogP contribution in [0.1, 0.15) is 5.56 Å². The summed E-state index contributed by atoms with van der Waals surface area (Å²) in [6.07, 6.45) is -0.984. The zero-order valence-corrected chi connectivity index (χ0v) is 11.2. The van der Waals surface area contributed by atoms with Crippen molar-refractivity contribution in [3.63, 3.8) is 0 Å². The number of carboxylic acid groups (broad SMARTS) is 1. The van der Waals surface area contributed by atoms with Crippen LogP contribution < -0.4 is 14.2 Å². The summed E-state index contributed by atoms with van der Waals surface area (Å²) in [6.45, 7) is 0.440. The number of benzene rings is 2. The Kier molecular flexibility index (Phi) is 3.64. The van der Waals surface area contributed by atoms with Crippen molar-refractivity contribution in [1.29, 1.82) is 0 Å². The van der Waals surface area contributed by atoms with E-state index in [1.807, 2.05) is 30.3 Å². The molecule has 1 unspecified atom stereocenters. The number of ether oxygens (including phenoxy) is 3. The Morgan fingerprint density at radius 1 is 1.19 bits per heavy atom. The monoisotopic (exact) mass is 286 g/mol. The van der Waals surface area contributed by atoms with Gasteiger partial charge in [-0.25, -0.2) is 4.79 Å². The second-order valence-corrected chi connectivity index (χ2v) is 4.64. The third kappa shape index (κ3) is 3.08. The summed E-state index contributed by atoms with van der Waals surface area (Å²) < 4.78 is 16.4. The van der Waals surface area contributed by atoms with Gasteiger partial charge in [0.05, 0.1) is 0 Å². The molecule has 21 heavy (non-hydrogen) atoms. The summed E-state index contributed by atoms with van der Waals surface area (Å²) >= 11 is 0. The minimum absolute atomic E-state index is 0.00650. The number of hydrogen-bond donors (Lipinski definition) is 1. The molecule has 0 radical (unpaired) electrons. The molecule has 0 aliphatic carbocycles. The Hall–Kier alpha value is -2.69. The van der Waals surface area contributed by atoms with Gasteiger partial charge in [-0.15, -0.1) is 0 Å². The molecule has 1 aliphatic heterocycles. The average Bonchev–Trinajstić information content (AvgIpc) is 2.53. The lowest BCUT2D eigenvalue weighted by molar-refractivity contribution is -0.147. The molecule has 0 bridgehead atoms. The Bertz CT molecular complexity index is 638. The van der Waals surface area contributed by atoms with Crippen LogP contribution in [0.4, 0.5) is 0 Å². The quantitative estimate of drug-likeness (QED) is 0.935. The van der Waals surface area contributed by atoms with E-state index in [0.29, 0.717) is 23.9 Å². The first kappa shape index (κ1) is 13.3. The van der Waals surface area contributed by atoms with Crippen molar-refractivity contribution in [1.82, 2.24) is 0 Å². The Morgan fingerprint density at radius 3 is 2.76 bits per heavy atom. The molecule has 5 nitrogen and oxygen atoms in total. The summed E-state index contributed by atoms with van der Waals surface area (Å²) in [6, 6.07) is 14.9. The van der Waals surface area contributed by atoms with Gasteiger partial charge >= 0.3 is 5.97 Å². The maximum atomic E-state index is 10.9. The fourth-order valence-corrected chi connectivity index (χ4v) is 2.00. The molecule has 0 saturated heterocycles. The molecule has 1 heterocycles. The van der Waals surface area contributed by atoms with Crippen LogP contribution in [-0.2, 0) is 11.4 Å². The summed E-state index contributed by atoms with van der Waals surface area (Å²) in [5.74, 6) is 0.474. The number of carboxylic acids is 1. The minimum atomic E-state index is -1.05. The topological polar surface area (TPSA) is 65.0 Å². The maximum Gasteiger partial charge on any atom is 0.348 e. The van der Waals surface area contributed by atoms with Crippen molar-refractivity contribution in [2.24, 2.45) is 0 Å². The van der Waals surface area contributed by atoms with Gasteiger partial charge < -0.3 is 19.3 Å². The second-order valence-electron chi connectivity index (χ2n) is 4.64. The first-order chi connectivity index (χ1) is 10.2. The van der Waals surface area contributed by atoms with Crippen LogP contribution in [0.3, 0.4) is 0 Å². The van der Waals surface area contributed by atoms with Gasteiger partial charge in [0.2, 0.25) is 6.10 Å². The summed E-state index contributed by atoms with van der Waals surface area (Å²) in [5, 5.41) is 8.95. The zero-order chi connectivity index (χ0) is 14.7. The molecule has 0 spiro atoms. The predicted octanol–water partition coefficient (Wildman–Crippen LogP) is 2.49. The molecule has 1 atom stereocenters. The molecule has 3 rings (SSSR count). The summed E-state index contributed by atoms with van der Waals surface area (Å²) in [4.78, 5) is 10.9. The lowest BCUT2D eigenvalue weighted by Gasteiger charge is -2.24. The van der Waals surface area contributed by atoms with E-state index in [9.17, 15) is 4.79 Å². The Labute approximate surface area is 121 Å². The van der Waals surface area contributed by atoms with Gasteiger partial charge in [-0.1, -0.05) is 30.3 Å². The van der Waals surface area contributed by atoms with Crippen molar-refractivity contribution in [3.05, 3.63) is 54.1 Å². The molecule has 2 aromatic rings. The third-order valence-electron chi connectivity index (χ3n) is 3.10. The maximum absolute atomic E-state index is 10.9. The third-order valence-corrected chi connectivity index (χ3v) is 3.10. The number of rotatable bonds is 4. The van der Waals surface area contributed by atoms with Gasteiger partial charge in [0, 0.05) is 6.07 Å². The highest BCUT2D eigenvalue weighted by Crippen LogP contribution is 2.35. The van der Waals surface area contributed by atoms with Gasteiger partial charge in [0.25, 0.3) is 0 Å². The van der Waals surface area contributed by atoms with Crippen molar-refractivity contribution in [2.75, 3.05) is 6.61 Å². The molecule has 2 aromatic carbocycles. The zero-order valence-electron chi connectivity index (χ0n) is 11.2. The molecule has 0 amide bonds. The fourth-order valence-electron chi connectivity index (χ4n) is 2.00. The van der Waals surface area contributed by atoms with E-state index in [2.05, 4.69) is 0 Å². The Balaban J connectivity index is 1.71. The standard InChI is InChI=1S/C16H14O5/c17-16(18)15-10-20-13-7-6-12(8-14(13)21-15)19-9-11-4-2-1-3-5-11/h1-8,15H,9-10H2,(H,17,18). The molecular formula is C16H14O5. The molecule has 0 aromatic heterocycles.